The largest absolute Gasteiger partial charge is 0.488 e. The summed E-state index contributed by atoms with van der Waals surface area (Å²) in [6, 6.07) is 4.77. The van der Waals surface area contributed by atoms with Crippen LogP contribution in [0.5, 0.6) is 5.75 Å². The molecule has 0 bridgehead atoms. The van der Waals surface area contributed by atoms with Gasteiger partial charge in [0.05, 0.1) is 38.8 Å². The summed E-state index contributed by atoms with van der Waals surface area (Å²) < 4.78 is 11.8. The monoisotopic (exact) mass is 547 g/mol. The first-order valence-electron chi connectivity index (χ1n) is 13.9. The fourth-order valence-electron chi connectivity index (χ4n) is 4.74. The Bertz CT molecular complexity index is 983. The molecule has 3 rings (SSSR count). The zero-order chi connectivity index (χ0) is 28.5. The average molecular weight is 548 g/mol. The molecule has 39 heavy (non-hydrogen) atoms. The lowest BCUT2D eigenvalue weighted by Gasteiger charge is -2.34. The molecule has 1 aromatic carbocycles. The summed E-state index contributed by atoms with van der Waals surface area (Å²) in [5.41, 5.74) is 1.24. The molecule has 3 atom stereocenters. The van der Waals surface area contributed by atoms with Crippen LogP contribution < -0.4 is 15.4 Å². The van der Waals surface area contributed by atoms with Gasteiger partial charge in [0.1, 0.15) is 11.9 Å². The molecule has 0 unspecified atom stereocenters. The third-order valence-electron chi connectivity index (χ3n) is 7.17. The van der Waals surface area contributed by atoms with Crippen molar-refractivity contribution in [1.82, 2.24) is 20.0 Å². The number of carbonyl (C=O) groups excluding carboxylic acids is 3. The highest BCUT2D eigenvalue weighted by Crippen LogP contribution is 2.29. The predicted octanol–water partition coefficient (Wildman–Crippen LogP) is 1.55. The number of nitrogens with one attached hydrogen (secondary N) is 2. The molecule has 3 N–H and O–H groups in total. The lowest BCUT2D eigenvalue weighted by molar-refractivity contribution is -0.134. The minimum absolute atomic E-state index is 0.000527. The van der Waals surface area contributed by atoms with Gasteiger partial charge in [0.2, 0.25) is 11.8 Å². The van der Waals surface area contributed by atoms with Crippen LogP contribution in [-0.4, -0.2) is 115 Å². The molecule has 1 fully saturated rings. The first-order chi connectivity index (χ1) is 18.6. The van der Waals surface area contributed by atoms with Crippen molar-refractivity contribution >= 4 is 23.5 Å². The van der Waals surface area contributed by atoms with Gasteiger partial charge >= 0.3 is 6.03 Å². The number of carbonyl (C=O) groups is 3. The Balaban J connectivity index is 1.79. The summed E-state index contributed by atoms with van der Waals surface area (Å²) >= 11 is 0. The maximum Gasteiger partial charge on any atom is 0.317 e. The van der Waals surface area contributed by atoms with Crippen molar-refractivity contribution in [2.45, 2.75) is 58.7 Å². The smallest absolute Gasteiger partial charge is 0.317 e. The molecule has 0 spiro atoms. The van der Waals surface area contributed by atoms with E-state index in [0.717, 1.165) is 13.1 Å². The number of nitrogens with zero attached hydrogens (tertiary/aromatic N) is 3. The second-order valence-corrected chi connectivity index (χ2v) is 10.9. The van der Waals surface area contributed by atoms with Crippen molar-refractivity contribution in [2.75, 3.05) is 64.9 Å². The molecule has 0 radical (unpaired) electrons. The number of amides is 4. The summed E-state index contributed by atoms with van der Waals surface area (Å²) in [7, 11) is 1.72. The number of aliphatic hydroxyl groups excluding tert-OH is 1. The average Bonchev–Trinajstić information content (AvgIpc) is 2.94. The standard InChI is InChI=1S/C28H45N5O6/c1-19(2)29-28(37)31(5)17-25-20(3)16-33(21(4)18-34)27(36)15-22-14-23(6-7-24(22)39-25)30-26(35)8-9-32-10-12-38-13-11-32/h6-7,14,19-21,25,34H,8-13,15-18H2,1-5H3,(H,29,37)(H,30,35)/t20-,21-,25+/m0/s1. The Morgan fingerprint density at radius 1 is 1.21 bits per heavy atom. The molecule has 1 saturated heterocycles. The van der Waals surface area contributed by atoms with E-state index in [2.05, 4.69) is 15.5 Å². The number of benzene rings is 1. The van der Waals surface area contributed by atoms with Crippen molar-refractivity contribution in [1.29, 1.82) is 0 Å². The van der Waals surface area contributed by atoms with Crippen LogP contribution in [0.4, 0.5) is 10.5 Å². The predicted molar refractivity (Wildman–Crippen MR) is 149 cm³/mol. The van der Waals surface area contributed by atoms with Crippen LogP contribution in [0.3, 0.4) is 0 Å². The van der Waals surface area contributed by atoms with Crippen LogP contribution in [0, 0.1) is 5.92 Å². The zero-order valence-corrected chi connectivity index (χ0v) is 23.9. The van der Waals surface area contributed by atoms with Gasteiger partial charge in [0, 0.05) is 62.9 Å². The number of ether oxygens (including phenoxy) is 2. The van der Waals surface area contributed by atoms with Gasteiger partial charge in [-0.25, -0.2) is 4.79 Å². The Morgan fingerprint density at radius 2 is 1.92 bits per heavy atom. The van der Waals surface area contributed by atoms with Gasteiger partial charge in [0.25, 0.3) is 0 Å². The van der Waals surface area contributed by atoms with Gasteiger partial charge in [-0.2, -0.15) is 0 Å². The van der Waals surface area contributed by atoms with Gasteiger partial charge < -0.3 is 35.0 Å². The number of morpholine rings is 1. The van der Waals surface area contributed by atoms with E-state index in [0.29, 0.717) is 56.3 Å². The van der Waals surface area contributed by atoms with Crippen molar-refractivity contribution in [3.8, 4) is 5.75 Å². The molecule has 0 aliphatic carbocycles. The summed E-state index contributed by atoms with van der Waals surface area (Å²) in [6.07, 6.45) is 0.0267. The van der Waals surface area contributed by atoms with Crippen LogP contribution in [-0.2, 0) is 20.7 Å². The fourth-order valence-corrected chi connectivity index (χ4v) is 4.74. The van der Waals surface area contributed by atoms with Crippen LogP contribution in [0.1, 0.15) is 39.7 Å². The molecular formula is C28H45N5O6. The van der Waals surface area contributed by atoms with Gasteiger partial charge in [-0.05, 0) is 39.0 Å². The maximum atomic E-state index is 13.4. The van der Waals surface area contributed by atoms with Crippen LogP contribution >= 0.6 is 0 Å². The number of anilines is 1. The molecule has 4 amide bonds. The molecular weight excluding hydrogens is 502 g/mol. The number of rotatable bonds is 9. The lowest BCUT2D eigenvalue weighted by atomic mass is 10.0. The fraction of sp³-hybridized carbons (Fsp3) is 0.679. The Hall–Kier alpha value is -2.89. The highest BCUT2D eigenvalue weighted by molar-refractivity contribution is 5.91. The van der Waals surface area contributed by atoms with Crippen molar-refractivity contribution in [3.63, 3.8) is 0 Å². The quantitative estimate of drug-likeness (QED) is 0.429. The van der Waals surface area contributed by atoms with Gasteiger partial charge in [-0.3, -0.25) is 14.5 Å². The van der Waals surface area contributed by atoms with Gasteiger partial charge in [0.15, 0.2) is 0 Å². The molecule has 0 saturated carbocycles. The Labute approximate surface area is 231 Å². The molecule has 2 aliphatic rings. The molecule has 0 aromatic heterocycles. The zero-order valence-electron chi connectivity index (χ0n) is 23.9. The number of aliphatic hydroxyl groups is 1. The lowest BCUT2D eigenvalue weighted by Crippen LogP contribution is -2.49. The second kappa shape index (κ2) is 14.5. The van der Waals surface area contributed by atoms with E-state index in [9.17, 15) is 19.5 Å². The van der Waals surface area contributed by atoms with Crippen LogP contribution in [0.15, 0.2) is 18.2 Å². The Morgan fingerprint density at radius 3 is 2.59 bits per heavy atom. The molecule has 11 heteroatoms. The minimum Gasteiger partial charge on any atom is -0.488 e. The molecule has 2 aliphatic heterocycles. The molecule has 11 nitrogen and oxygen atoms in total. The van der Waals surface area contributed by atoms with Crippen LogP contribution in [0.25, 0.3) is 0 Å². The van der Waals surface area contributed by atoms with E-state index < -0.39 is 6.10 Å². The summed E-state index contributed by atoms with van der Waals surface area (Å²) in [4.78, 5) is 44.1. The number of urea groups is 1. The first kappa shape index (κ1) is 30.6. The molecule has 1 aromatic rings. The van der Waals surface area contributed by atoms with Crippen LogP contribution in [0.2, 0.25) is 0 Å². The number of hydrogen-bond acceptors (Lipinski definition) is 7. The van der Waals surface area contributed by atoms with E-state index in [1.54, 1.807) is 35.0 Å². The first-order valence-corrected chi connectivity index (χ1v) is 13.9. The highest BCUT2D eigenvalue weighted by atomic mass is 16.5. The van der Waals surface area contributed by atoms with Crippen molar-refractivity contribution in [2.24, 2.45) is 5.92 Å². The van der Waals surface area contributed by atoms with E-state index in [1.807, 2.05) is 27.7 Å². The maximum absolute atomic E-state index is 13.4. The molecule has 218 valence electrons. The molecule has 2 heterocycles. The van der Waals surface area contributed by atoms with E-state index in [4.69, 9.17) is 9.47 Å². The van der Waals surface area contributed by atoms with Crippen molar-refractivity contribution in [3.05, 3.63) is 23.8 Å². The van der Waals surface area contributed by atoms with Crippen molar-refractivity contribution < 1.29 is 29.0 Å². The Kier molecular flexibility index (Phi) is 11.4. The number of likely N-dealkylation sites (N-methyl/N-ethyl adjacent to an activating group) is 1. The van der Waals surface area contributed by atoms with E-state index in [-0.39, 0.29) is 48.9 Å². The topological polar surface area (TPSA) is 124 Å². The summed E-state index contributed by atoms with van der Waals surface area (Å²) in [6.45, 7) is 11.8. The summed E-state index contributed by atoms with van der Waals surface area (Å²) in [5.74, 6) is 0.192. The normalized spacial score (nSPS) is 21.2. The third kappa shape index (κ3) is 9.08. The van der Waals surface area contributed by atoms with Gasteiger partial charge in [-0.15, -0.1) is 0 Å². The third-order valence-corrected chi connectivity index (χ3v) is 7.17. The van der Waals surface area contributed by atoms with E-state index >= 15 is 0 Å². The second-order valence-electron chi connectivity index (χ2n) is 10.9. The minimum atomic E-state index is -0.403. The van der Waals surface area contributed by atoms with E-state index in [1.165, 1.54) is 0 Å². The van der Waals surface area contributed by atoms with Gasteiger partial charge in [-0.1, -0.05) is 6.92 Å². The SMILES string of the molecule is CC(C)NC(=O)N(C)C[C@H]1Oc2ccc(NC(=O)CCN3CCOCC3)cc2CC(=O)N([C@@H](C)CO)C[C@@H]1C. The highest BCUT2D eigenvalue weighted by Gasteiger charge is 2.32. The summed E-state index contributed by atoms with van der Waals surface area (Å²) in [5, 5.41) is 15.7. The number of fused-ring (bicyclic) bond motifs is 1. The number of hydrogen-bond donors (Lipinski definition) is 3.